The number of nitrogens with one attached hydrogen (secondary N) is 2. The molecule has 2 heterocycles. The first-order chi connectivity index (χ1) is 14.7. The van der Waals surface area contributed by atoms with Crippen LogP contribution in [0.5, 0.6) is 0 Å². The molecular weight excluding hydrogens is 395 g/mol. The molecule has 0 radical (unpaired) electrons. The third kappa shape index (κ3) is 4.43. The van der Waals surface area contributed by atoms with Crippen LogP contribution in [0.4, 0.5) is 10.1 Å². The zero-order valence-corrected chi connectivity index (χ0v) is 19.1. The first-order valence-corrected chi connectivity index (χ1v) is 11.6. The third-order valence-electron chi connectivity index (χ3n) is 7.33. The molecule has 4 rings (SSSR count). The van der Waals surface area contributed by atoms with Crippen molar-refractivity contribution < 1.29 is 14.0 Å². The highest BCUT2D eigenvalue weighted by atomic mass is 19.1. The van der Waals surface area contributed by atoms with Crippen LogP contribution in [0.1, 0.15) is 57.6 Å². The van der Waals surface area contributed by atoms with Crippen molar-refractivity contribution in [2.24, 2.45) is 0 Å². The van der Waals surface area contributed by atoms with E-state index in [0.29, 0.717) is 18.0 Å². The average Bonchev–Trinajstić information content (AvgIpc) is 3.17. The van der Waals surface area contributed by atoms with Gasteiger partial charge in [0.15, 0.2) is 0 Å². The molecule has 7 heteroatoms. The molecule has 0 spiro atoms. The lowest BCUT2D eigenvalue weighted by atomic mass is 9.88. The second kappa shape index (κ2) is 8.77. The maximum Gasteiger partial charge on any atom is 0.243 e. The molecule has 5 atom stereocenters. The zero-order valence-electron chi connectivity index (χ0n) is 19.1. The number of benzene rings is 1. The lowest BCUT2D eigenvalue weighted by Crippen LogP contribution is -2.61. The fourth-order valence-electron chi connectivity index (χ4n) is 5.94. The summed E-state index contributed by atoms with van der Waals surface area (Å²) in [5.41, 5.74) is 2.36. The van der Waals surface area contributed by atoms with E-state index in [4.69, 9.17) is 0 Å². The van der Waals surface area contributed by atoms with E-state index in [2.05, 4.69) is 29.4 Å². The molecule has 1 aromatic rings. The van der Waals surface area contributed by atoms with Gasteiger partial charge in [-0.1, -0.05) is 6.07 Å². The molecule has 1 saturated carbocycles. The fraction of sp³-hybridized carbons (Fsp3) is 0.667. The maximum atomic E-state index is 14.2. The minimum absolute atomic E-state index is 0.0382. The lowest BCUT2D eigenvalue weighted by Gasteiger charge is -2.48. The summed E-state index contributed by atoms with van der Waals surface area (Å²) in [7, 11) is 0. The summed E-state index contributed by atoms with van der Waals surface area (Å²) in [6.45, 7) is 9.59. The minimum atomic E-state index is -0.412. The summed E-state index contributed by atoms with van der Waals surface area (Å²) in [6, 6.07) is 3.79. The number of carbonyl (C=O) groups excluding carboxylic acids is 2. The second-order valence-corrected chi connectivity index (χ2v) is 9.72. The molecule has 170 valence electrons. The van der Waals surface area contributed by atoms with E-state index in [1.165, 1.54) is 6.07 Å². The highest BCUT2D eigenvalue weighted by Crippen LogP contribution is 2.32. The van der Waals surface area contributed by atoms with Crippen molar-refractivity contribution in [1.82, 2.24) is 15.1 Å². The average molecular weight is 431 g/mol. The van der Waals surface area contributed by atoms with Gasteiger partial charge < -0.3 is 15.5 Å². The number of rotatable bonds is 3. The highest BCUT2D eigenvalue weighted by molar-refractivity contribution is 5.88. The van der Waals surface area contributed by atoms with Crippen molar-refractivity contribution in [2.75, 3.05) is 18.4 Å². The second-order valence-electron chi connectivity index (χ2n) is 9.72. The van der Waals surface area contributed by atoms with Crippen LogP contribution in [0.15, 0.2) is 12.1 Å². The van der Waals surface area contributed by atoms with Gasteiger partial charge in [0.2, 0.25) is 11.8 Å². The molecule has 31 heavy (non-hydrogen) atoms. The summed E-state index contributed by atoms with van der Waals surface area (Å²) in [5, 5.41) is 6.47. The molecule has 2 fully saturated rings. The van der Waals surface area contributed by atoms with Crippen molar-refractivity contribution >= 4 is 17.5 Å². The summed E-state index contributed by atoms with van der Waals surface area (Å²) in [6.07, 6.45) is 4.51. The Balaban J connectivity index is 1.35. The molecular formula is C24H35FN4O2. The summed E-state index contributed by atoms with van der Waals surface area (Å²) in [4.78, 5) is 29.4. The van der Waals surface area contributed by atoms with Crippen molar-refractivity contribution in [3.63, 3.8) is 0 Å². The Hall–Kier alpha value is -2.15. The first-order valence-electron chi connectivity index (χ1n) is 11.6. The standard InChI is InChI=1S/C24H35FN4O2/c1-14-8-9-21(25)20-11-22(27-23(14)20)24(31)26-18-6-5-7-19(10-18)28-12-15(2)29(17(4)30)16(3)13-28/h8-9,15-16,18-19,22,27H,5-7,10-13H2,1-4H3,(H,26,31)/t15-,16-,18-,19+,22?/m1/s1. The van der Waals surface area contributed by atoms with Gasteiger partial charge >= 0.3 is 0 Å². The van der Waals surface area contributed by atoms with E-state index in [1.54, 1.807) is 13.0 Å². The van der Waals surface area contributed by atoms with E-state index >= 15 is 0 Å². The highest BCUT2D eigenvalue weighted by Gasteiger charge is 2.37. The van der Waals surface area contributed by atoms with Crippen LogP contribution in [-0.4, -0.2) is 64.9 Å². The summed E-state index contributed by atoms with van der Waals surface area (Å²) in [5.74, 6) is -0.136. The molecule has 1 saturated heterocycles. The van der Waals surface area contributed by atoms with E-state index < -0.39 is 6.04 Å². The molecule has 1 aliphatic carbocycles. The maximum absolute atomic E-state index is 14.2. The Morgan fingerprint density at radius 1 is 1.16 bits per heavy atom. The van der Waals surface area contributed by atoms with Crippen molar-refractivity contribution in [3.05, 3.63) is 29.1 Å². The van der Waals surface area contributed by atoms with Crippen LogP contribution in [0.25, 0.3) is 0 Å². The number of hydrogen-bond donors (Lipinski definition) is 2. The number of fused-ring (bicyclic) bond motifs is 1. The van der Waals surface area contributed by atoms with Gasteiger partial charge in [-0.05, 0) is 58.1 Å². The van der Waals surface area contributed by atoms with Crippen molar-refractivity contribution in [1.29, 1.82) is 0 Å². The fourth-order valence-corrected chi connectivity index (χ4v) is 5.94. The molecule has 6 nitrogen and oxygen atoms in total. The van der Waals surface area contributed by atoms with Crippen LogP contribution in [0.3, 0.4) is 0 Å². The smallest absolute Gasteiger partial charge is 0.243 e. The Morgan fingerprint density at radius 3 is 2.52 bits per heavy atom. The molecule has 0 aromatic heterocycles. The molecule has 0 bridgehead atoms. The van der Waals surface area contributed by atoms with E-state index in [-0.39, 0.29) is 35.8 Å². The molecule has 3 aliphatic rings. The molecule has 2 aliphatic heterocycles. The normalized spacial score (nSPS) is 31.1. The van der Waals surface area contributed by atoms with Crippen molar-refractivity contribution in [2.45, 2.75) is 90.0 Å². The van der Waals surface area contributed by atoms with Crippen LogP contribution < -0.4 is 10.6 Å². The van der Waals surface area contributed by atoms with Crippen LogP contribution in [-0.2, 0) is 16.0 Å². The van der Waals surface area contributed by atoms with E-state index in [1.807, 2.05) is 11.8 Å². The molecule has 1 aromatic carbocycles. The number of hydrogen-bond acceptors (Lipinski definition) is 4. The van der Waals surface area contributed by atoms with E-state index in [0.717, 1.165) is 50.0 Å². The van der Waals surface area contributed by atoms with Gasteiger partial charge in [0, 0.05) is 61.9 Å². The van der Waals surface area contributed by atoms with Crippen LogP contribution >= 0.6 is 0 Å². The van der Waals surface area contributed by atoms with Crippen LogP contribution in [0, 0.1) is 12.7 Å². The molecule has 2 amide bonds. The molecule has 1 unspecified atom stereocenters. The summed E-state index contributed by atoms with van der Waals surface area (Å²) >= 11 is 0. The number of carbonyl (C=O) groups is 2. The Bertz CT molecular complexity index is 817. The van der Waals surface area contributed by atoms with Gasteiger partial charge in [0.1, 0.15) is 11.9 Å². The largest absolute Gasteiger partial charge is 0.373 e. The third-order valence-corrected chi connectivity index (χ3v) is 7.33. The predicted molar refractivity (Wildman–Crippen MR) is 119 cm³/mol. The van der Waals surface area contributed by atoms with Gasteiger partial charge in [-0.2, -0.15) is 0 Å². The number of nitrogens with zero attached hydrogens (tertiary/aromatic N) is 2. The van der Waals surface area contributed by atoms with Crippen molar-refractivity contribution in [3.8, 4) is 0 Å². The predicted octanol–water partition coefficient (Wildman–Crippen LogP) is 2.84. The van der Waals surface area contributed by atoms with Crippen LogP contribution in [0.2, 0.25) is 0 Å². The Kier molecular flexibility index (Phi) is 6.24. The topological polar surface area (TPSA) is 64.7 Å². The number of piperazine rings is 1. The van der Waals surface area contributed by atoms with Gasteiger partial charge in [-0.25, -0.2) is 4.39 Å². The molecule has 2 N–H and O–H groups in total. The first kappa shape index (κ1) is 22.1. The SMILES string of the molecule is CC(=O)N1[C@H](C)CN([C@H]2CCC[C@@H](NC(=O)C3Cc4c(F)ccc(C)c4N3)C2)C[C@H]1C. The Labute approximate surface area is 184 Å². The minimum Gasteiger partial charge on any atom is -0.373 e. The summed E-state index contributed by atoms with van der Waals surface area (Å²) < 4.78 is 14.2. The monoisotopic (exact) mass is 430 g/mol. The van der Waals surface area contributed by atoms with Gasteiger partial charge in [-0.3, -0.25) is 14.5 Å². The number of anilines is 1. The quantitative estimate of drug-likeness (QED) is 0.774. The van der Waals surface area contributed by atoms with E-state index in [9.17, 15) is 14.0 Å². The zero-order chi connectivity index (χ0) is 22.3. The van der Waals surface area contributed by atoms with Gasteiger partial charge in [0.25, 0.3) is 0 Å². The lowest BCUT2D eigenvalue weighted by molar-refractivity contribution is -0.137. The van der Waals surface area contributed by atoms with Gasteiger partial charge in [-0.15, -0.1) is 0 Å². The number of aryl methyl sites for hydroxylation is 1. The number of halogens is 1. The Morgan fingerprint density at radius 2 is 1.87 bits per heavy atom. The van der Waals surface area contributed by atoms with Gasteiger partial charge in [0.05, 0.1) is 0 Å². The number of amides is 2.